The number of aliphatic carboxylic acids is 1. The summed E-state index contributed by atoms with van der Waals surface area (Å²) in [5, 5.41) is 8.77. The van der Waals surface area contributed by atoms with Crippen molar-refractivity contribution in [3.05, 3.63) is 34.4 Å². The van der Waals surface area contributed by atoms with Crippen molar-refractivity contribution in [2.45, 2.75) is 132 Å². The van der Waals surface area contributed by atoms with E-state index in [1.165, 1.54) is 51.4 Å². The van der Waals surface area contributed by atoms with E-state index in [-0.39, 0.29) is 5.60 Å². The highest BCUT2D eigenvalue weighted by Crippen LogP contribution is 2.45. The minimum absolute atomic E-state index is 0.191. The summed E-state index contributed by atoms with van der Waals surface area (Å²) in [6.07, 6.45) is 15.1. The van der Waals surface area contributed by atoms with E-state index in [2.05, 4.69) is 34.6 Å². The molecule has 0 saturated heterocycles. The van der Waals surface area contributed by atoms with Crippen molar-refractivity contribution in [1.82, 2.24) is 0 Å². The third kappa shape index (κ3) is 9.78. The molecule has 1 N–H and O–H groups in total. The van der Waals surface area contributed by atoms with Crippen LogP contribution in [0.15, 0.2) is 12.2 Å². The highest BCUT2D eigenvalue weighted by molar-refractivity contribution is 5.92. The average Bonchev–Trinajstić information content (AvgIpc) is 2.83. The van der Waals surface area contributed by atoms with Crippen molar-refractivity contribution in [1.29, 1.82) is 0 Å². The maximum Gasteiger partial charge on any atom is 0.336 e. The zero-order valence-electron chi connectivity index (χ0n) is 25.2. The number of fused-ring (bicyclic) bond motifs is 1. The number of hydrogen-bond donors (Lipinski definition) is 1. The molecule has 0 spiro atoms. The number of esters is 1. The lowest BCUT2D eigenvalue weighted by Crippen LogP contribution is -2.37. The molecule has 3 unspecified atom stereocenters. The van der Waals surface area contributed by atoms with E-state index < -0.39 is 11.9 Å². The van der Waals surface area contributed by atoms with E-state index in [1.54, 1.807) is 0 Å². The molecule has 5 heteroatoms. The largest absolute Gasteiger partial charge is 0.487 e. The topological polar surface area (TPSA) is 72.8 Å². The quantitative estimate of drug-likeness (QED) is 0.140. The lowest BCUT2D eigenvalue weighted by atomic mass is 9.83. The highest BCUT2D eigenvalue weighted by atomic mass is 16.5. The van der Waals surface area contributed by atoms with Gasteiger partial charge in [0.15, 0.2) is 0 Å². The van der Waals surface area contributed by atoms with Gasteiger partial charge in [-0.2, -0.15) is 0 Å². The van der Waals surface area contributed by atoms with Crippen LogP contribution in [-0.4, -0.2) is 22.6 Å². The van der Waals surface area contributed by atoms with Crippen molar-refractivity contribution in [2.24, 2.45) is 17.8 Å². The van der Waals surface area contributed by atoms with Gasteiger partial charge in [0, 0.05) is 17.7 Å². The number of carbonyl (C=O) groups is 2. The fourth-order valence-corrected chi connectivity index (χ4v) is 5.69. The monoisotopic (exact) mass is 528 g/mol. The first kappa shape index (κ1) is 31.9. The number of carboxylic acid groups (broad SMARTS) is 1. The van der Waals surface area contributed by atoms with E-state index in [1.807, 2.05) is 20.8 Å². The Morgan fingerprint density at radius 2 is 1.47 bits per heavy atom. The van der Waals surface area contributed by atoms with Gasteiger partial charge in [0.25, 0.3) is 0 Å². The zero-order valence-corrected chi connectivity index (χ0v) is 25.2. The summed E-state index contributed by atoms with van der Waals surface area (Å²) in [6, 6.07) is 0. The van der Waals surface area contributed by atoms with Gasteiger partial charge < -0.3 is 14.6 Å². The summed E-state index contributed by atoms with van der Waals surface area (Å²) in [6.45, 7) is 17.6. The molecule has 214 valence electrons. The first-order valence-electron chi connectivity index (χ1n) is 14.8. The number of carbonyl (C=O) groups excluding carboxylic acids is 1. The number of benzene rings is 1. The standard InChI is InChI=1S/C33H52O5/c1-22(2)12-9-13-23(3)14-10-15-24(4)16-11-20-33(8)21-19-28-27(7)31(25(5)26(6)32(28)38-33)37-30(36)18-17-29(34)35/h17-18,22-24H,9-16,19-21H2,1-8H3,(H,34,35)/b18-17-. The van der Waals surface area contributed by atoms with Crippen LogP contribution >= 0.6 is 0 Å². The normalized spacial score (nSPS) is 18.8. The van der Waals surface area contributed by atoms with Crippen LogP contribution < -0.4 is 9.47 Å². The Morgan fingerprint density at radius 1 is 0.895 bits per heavy atom. The van der Waals surface area contributed by atoms with Crippen molar-refractivity contribution in [2.75, 3.05) is 0 Å². The van der Waals surface area contributed by atoms with Gasteiger partial charge in [-0.3, -0.25) is 0 Å². The Kier molecular flexibility index (Phi) is 12.4. The van der Waals surface area contributed by atoms with Gasteiger partial charge >= 0.3 is 11.9 Å². The maximum atomic E-state index is 12.1. The predicted molar refractivity (Wildman–Crippen MR) is 155 cm³/mol. The van der Waals surface area contributed by atoms with Crippen molar-refractivity contribution >= 4 is 11.9 Å². The third-order valence-corrected chi connectivity index (χ3v) is 8.40. The van der Waals surface area contributed by atoms with Gasteiger partial charge in [-0.15, -0.1) is 0 Å². The summed E-state index contributed by atoms with van der Waals surface area (Å²) in [5.41, 5.74) is 3.64. The first-order chi connectivity index (χ1) is 17.8. The molecule has 0 amide bonds. The fraction of sp³-hybridized carbons (Fsp3) is 0.697. The van der Waals surface area contributed by atoms with E-state index >= 15 is 0 Å². The molecule has 0 saturated carbocycles. The Bertz CT molecular complexity index is 976. The second-order valence-corrected chi connectivity index (χ2v) is 12.5. The minimum Gasteiger partial charge on any atom is -0.487 e. The van der Waals surface area contributed by atoms with Crippen LogP contribution in [0.25, 0.3) is 0 Å². The number of carboxylic acids is 1. The summed E-state index contributed by atoms with van der Waals surface area (Å²) in [7, 11) is 0. The van der Waals surface area contributed by atoms with Gasteiger partial charge in [0.05, 0.1) is 0 Å². The molecular formula is C33H52O5. The van der Waals surface area contributed by atoms with Crippen LogP contribution in [-0.2, 0) is 16.0 Å². The Morgan fingerprint density at radius 3 is 2.05 bits per heavy atom. The van der Waals surface area contributed by atoms with Crippen LogP contribution in [0.1, 0.15) is 121 Å². The minimum atomic E-state index is -1.18. The van der Waals surface area contributed by atoms with Gasteiger partial charge in [-0.25, -0.2) is 9.59 Å². The smallest absolute Gasteiger partial charge is 0.336 e. The van der Waals surface area contributed by atoms with Crippen LogP contribution in [0.3, 0.4) is 0 Å². The summed E-state index contributed by atoms with van der Waals surface area (Å²) in [4.78, 5) is 22.9. The lowest BCUT2D eigenvalue weighted by molar-refractivity contribution is -0.133. The second kappa shape index (κ2) is 14.7. The Labute approximate surface area is 231 Å². The van der Waals surface area contributed by atoms with Crippen molar-refractivity contribution < 1.29 is 24.2 Å². The summed E-state index contributed by atoms with van der Waals surface area (Å²) in [5.74, 6) is 1.98. The molecule has 1 heterocycles. The molecule has 0 aromatic heterocycles. The van der Waals surface area contributed by atoms with Crippen LogP contribution in [0, 0.1) is 38.5 Å². The number of rotatable bonds is 15. The molecule has 3 atom stereocenters. The third-order valence-electron chi connectivity index (χ3n) is 8.40. The molecule has 0 aliphatic carbocycles. The van der Waals surface area contributed by atoms with Gasteiger partial charge in [0.1, 0.15) is 17.1 Å². The number of hydrogen-bond acceptors (Lipinski definition) is 4. The zero-order chi connectivity index (χ0) is 28.5. The highest BCUT2D eigenvalue weighted by Gasteiger charge is 2.34. The molecular weight excluding hydrogens is 476 g/mol. The molecule has 2 rings (SSSR count). The SMILES string of the molecule is Cc1c(C)c2c(c(C)c1OC(=O)/C=C\C(=O)O)CCC(C)(CCCC(C)CCCC(C)CCCC(C)C)O2. The van der Waals surface area contributed by atoms with Crippen molar-refractivity contribution in [3.8, 4) is 11.5 Å². The number of ether oxygens (including phenoxy) is 2. The lowest BCUT2D eigenvalue weighted by Gasteiger charge is -2.38. The van der Waals surface area contributed by atoms with E-state index in [4.69, 9.17) is 14.6 Å². The van der Waals surface area contributed by atoms with E-state index in [0.29, 0.717) is 5.75 Å². The van der Waals surface area contributed by atoms with Crippen LogP contribution in [0.4, 0.5) is 0 Å². The summed E-state index contributed by atoms with van der Waals surface area (Å²) < 4.78 is 12.2. The molecule has 1 aromatic carbocycles. The molecule has 1 aromatic rings. The molecule has 5 nitrogen and oxygen atoms in total. The molecule has 1 aliphatic rings. The van der Waals surface area contributed by atoms with Crippen LogP contribution in [0.2, 0.25) is 0 Å². The maximum absolute atomic E-state index is 12.1. The first-order valence-corrected chi connectivity index (χ1v) is 14.8. The van der Waals surface area contributed by atoms with Gasteiger partial charge in [0.2, 0.25) is 0 Å². The second-order valence-electron chi connectivity index (χ2n) is 12.5. The van der Waals surface area contributed by atoms with Crippen molar-refractivity contribution in [3.63, 3.8) is 0 Å². The van der Waals surface area contributed by atoms with E-state index in [0.717, 1.165) is 77.2 Å². The fourth-order valence-electron chi connectivity index (χ4n) is 5.69. The molecule has 0 fully saturated rings. The average molecular weight is 529 g/mol. The molecule has 0 radical (unpaired) electrons. The molecule has 0 bridgehead atoms. The van der Waals surface area contributed by atoms with Crippen LogP contribution in [0.5, 0.6) is 11.5 Å². The van der Waals surface area contributed by atoms with E-state index in [9.17, 15) is 9.59 Å². The summed E-state index contributed by atoms with van der Waals surface area (Å²) >= 11 is 0. The Hall–Kier alpha value is -2.30. The Balaban J connectivity index is 1.89. The van der Waals surface area contributed by atoms with Gasteiger partial charge in [-0.05, 0) is 87.8 Å². The van der Waals surface area contributed by atoms with Gasteiger partial charge in [-0.1, -0.05) is 72.6 Å². The predicted octanol–water partition coefficient (Wildman–Crippen LogP) is 8.68. The molecule has 1 aliphatic heterocycles. The molecule has 38 heavy (non-hydrogen) atoms.